The minimum Gasteiger partial charge on any atom is -0.264 e. The molecule has 2 aromatic heterocycles. The van der Waals surface area contributed by atoms with Crippen LogP contribution in [0.2, 0.25) is 5.02 Å². The number of hydrogen-bond donors (Lipinski definition) is 0. The second-order valence-electron chi connectivity index (χ2n) is 3.24. The summed E-state index contributed by atoms with van der Waals surface area (Å²) in [6.07, 6.45) is 5.28. The smallest absolute Gasteiger partial charge is 0.0721 e. The molecule has 2 aromatic rings. The monoisotopic (exact) mass is 229 g/mol. The van der Waals surface area contributed by atoms with E-state index in [0.29, 0.717) is 5.02 Å². The van der Waals surface area contributed by atoms with Crippen LogP contribution >= 0.6 is 11.6 Å². The number of aromatic nitrogens is 2. The largest absolute Gasteiger partial charge is 0.264 e. The molecule has 0 atom stereocenters. The van der Waals surface area contributed by atoms with Gasteiger partial charge in [0.15, 0.2) is 0 Å². The van der Waals surface area contributed by atoms with Crippen molar-refractivity contribution in [3.63, 3.8) is 0 Å². The van der Waals surface area contributed by atoms with E-state index in [9.17, 15) is 0 Å². The lowest BCUT2D eigenvalue weighted by molar-refractivity contribution is 1.21. The highest BCUT2D eigenvalue weighted by molar-refractivity contribution is 6.31. The second kappa shape index (κ2) is 4.73. The van der Waals surface area contributed by atoms with E-state index in [0.717, 1.165) is 16.8 Å². The summed E-state index contributed by atoms with van der Waals surface area (Å²) >= 11 is 5.93. The molecule has 78 valence electrons. The summed E-state index contributed by atoms with van der Waals surface area (Å²) in [7, 11) is 0. The van der Waals surface area contributed by atoms with Crippen LogP contribution < -0.4 is 0 Å². The Bertz CT molecular complexity index is 532. The maximum Gasteiger partial charge on any atom is 0.0721 e. The third kappa shape index (κ3) is 2.18. The lowest BCUT2D eigenvalue weighted by Gasteiger charge is -2.03. The van der Waals surface area contributed by atoms with Gasteiger partial charge in [-0.1, -0.05) is 11.6 Å². The summed E-state index contributed by atoms with van der Waals surface area (Å²) in [6.45, 7) is 0. The summed E-state index contributed by atoms with van der Waals surface area (Å²) in [5, 5.41) is 9.19. The van der Waals surface area contributed by atoms with Crippen LogP contribution in [0, 0.1) is 11.3 Å². The predicted octanol–water partition coefficient (Wildman–Crippen LogP) is 2.86. The van der Waals surface area contributed by atoms with Gasteiger partial charge < -0.3 is 0 Å². The van der Waals surface area contributed by atoms with Crippen molar-refractivity contribution in [1.29, 1.82) is 5.26 Å². The average molecular weight is 230 g/mol. The first-order valence-electron chi connectivity index (χ1n) is 4.73. The molecule has 0 aliphatic carbocycles. The van der Waals surface area contributed by atoms with Gasteiger partial charge >= 0.3 is 0 Å². The minimum absolute atomic E-state index is 0.286. The van der Waals surface area contributed by atoms with Crippen LogP contribution in [0.25, 0.3) is 11.3 Å². The Morgan fingerprint density at radius 2 is 2.25 bits per heavy atom. The van der Waals surface area contributed by atoms with E-state index >= 15 is 0 Å². The first-order chi connectivity index (χ1) is 7.81. The van der Waals surface area contributed by atoms with E-state index in [2.05, 4.69) is 16.0 Å². The highest BCUT2D eigenvalue weighted by atomic mass is 35.5. The lowest BCUT2D eigenvalue weighted by atomic mass is 10.1. The summed E-state index contributed by atoms with van der Waals surface area (Å²) in [5.41, 5.74) is 2.49. The standard InChI is InChI=1S/C12H8ClN3/c13-11-8-16-12(6-9(11)3-4-14)10-2-1-5-15-7-10/h1-2,5-8H,3H2. The normalized spacial score (nSPS) is 9.75. The van der Waals surface area contributed by atoms with Crippen LogP contribution in [0.1, 0.15) is 5.56 Å². The van der Waals surface area contributed by atoms with Crippen LogP contribution in [0.3, 0.4) is 0 Å². The highest BCUT2D eigenvalue weighted by Gasteiger charge is 2.04. The summed E-state index contributed by atoms with van der Waals surface area (Å²) in [5.74, 6) is 0. The fourth-order valence-corrected chi connectivity index (χ4v) is 1.54. The van der Waals surface area contributed by atoms with Gasteiger partial charge in [0.05, 0.1) is 23.2 Å². The Labute approximate surface area is 98.4 Å². The molecule has 2 rings (SSSR count). The fourth-order valence-electron chi connectivity index (χ4n) is 1.37. The van der Waals surface area contributed by atoms with Crippen molar-refractivity contribution in [1.82, 2.24) is 9.97 Å². The van der Waals surface area contributed by atoms with Crippen LogP contribution in [0.4, 0.5) is 0 Å². The van der Waals surface area contributed by atoms with Crippen molar-refractivity contribution < 1.29 is 0 Å². The van der Waals surface area contributed by atoms with Gasteiger partial charge in [0.1, 0.15) is 0 Å². The molecule has 16 heavy (non-hydrogen) atoms. The molecule has 0 N–H and O–H groups in total. The van der Waals surface area contributed by atoms with Crippen LogP contribution in [0.5, 0.6) is 0 Å². The number of hydrogen-bond acceptors (Lipinski definition) is 3. The van der Waals surface area contributed by atoms with Gasteiger partial charge in [-0.05, 0) is 23.8 Å². The van der Waals surface area contributed by atoms with E-state index in [4.69, 9.17) is 16.9 Å². The molecule has 0 radical (unpaired) electrons. The number of rotatable bonds is 2. The van der Waals surface area contributed by atoms with Gasteiger partial charge in [-0.3, -0.25) is 9.97 Å². The molecular formula is C12H8ClN3. The molecular weight excluding hydrogens is 222 g/mol. The van der Waals surface area contributed by atoms with E-state index in [1.54, 1.807) is 18.6 Å². The van der Waals surface area contributed by atoms with Gasteiger partial charge in [0.2, 0.25) is 0 Å². The molecule has 0 spiro atoms. The third-order valence-corrected chi connectivity index (χ3v) is 2.50. The Morgan fingerprint density at radius 1 is 1.38 bits per heavy atom. The first-order valence-corrected chi connectivity index (χ1v) is 5.11. The van der Waals surface area contributed by atoms with Crippen molar-refractivity contribution in [3.05, 3.63) is 47.4 Å². The molecule has 0 saturated heterocycles. The van der Waals surface area contributed by atoms with Crippen molar-refractivity contribution in [2.45, 2.75) is 6.42 Å². The van der Waals surface area contributed by atoms with Crippen molar-refractivity contribution in [3.8, 4) is 17.3 Å². The summed E-state index contributed by atoms with van der Waals surface area (Å²) < 4.78 is 0. The third-order valence-electron chi connectivity index (χ3n) is 2.16. The predicted molar refractivity (Wildman–Crippen MR) is 61.8 cm³/mol. The molecule has 0 unspecified atom stereocenters. The van der Waals surface area contributed by atoms with E-state index in [1.165, 1.54) is 0 Å². The molecule has 0 saturated carbocycles. The van der Waals surface area contributed by atoms with E-state index in [-0.39, 0.29) is 6.42 Å². The summed E-state index contributed by atoms with van der Waals surface area (Å²) in [4.78, 5) is 8.23. The Balaban J connectivity index is 2.45. The van der Waals surface area contributed by atoms with E-state index in [1.807, 2.05) is 18.2 Å². The number of pyridine rings is 2. The van der Waals surface area contributed by atoms with Gasteiger partial charge in [-0.25, -0.2) is 0 Å². The topological polar surface area (TPSA) is 49.6 Å². The second-order valence-corrected chi connectivity index (χ2v) is 3.64. The molecule has 0 amide bonds. The Kier molecular flexibility index (Phi) is 3.13. The van der Waals surface area contributed by atoms with Crippen LogP contribution in [0.15, 0.2) is 36.8 Å². The molecule has 4 heteroatoms. The maximum absolute atomic E-state index is 8.66. The first kappa shape index (κ1) is 10.6. The van der Waals surface area contributed by atoms with Gasteiger partial charge in [-0.15, -0.1) is 0 Å². The number of nitriles is 1. The molecule has 0 aromatic carbocycles. The van der Waals surface area contributed by atoms with Crippen LogP contribution in [-0.2, 0) is 6.42 Å². The Morgan fingerprint density at radius 3 is 2.94 bits per heavy atom. The summed E-state index contributed by atoms with van der Waals surface area (Å²) in [6, 6.07) is 7.66. The van der Waals surface area contributed by atoms with Crippen molar-refractivity contribution in [2.24, 2.45) is 0 Å². The molecule has 2 heterocycles. The average Bonchev–Trinajstić information content (AvgIpc) is 2.33. The van der Waals surface area contributed by atoms with Gasteiger partial charge in [0.25, 0.3) is 0 Å². The minimum atomic E-state index is 0.286. The molecule has 0 aliphatic rings. The maximum atomic E-state index is 8.66. The quantitative estimate of drug-likeness (QED) is 0.796. The molecule has 0 bridgehead atoms. The molecule has 0 fully saturated rings. The van der Waals surface area contributed by atoms with Crippen molar-refractivity contribution in [2.75, 3.05) is 0 Å². The van der Waals surface area contributed by atoms with Gasteiger partial charge in [0, 0.05) is 24.2 Å². The molecule has 0 aliphatic heterocycles. The highest BCUT2D eigenvalue weighted by Crippen LogP contribution is 2.22. The number of nitrogens with zero attached hydrogens (tertiary/aromatic N) is 3. The molecule has 3 nitrogen and oxygen atoms in total. The zero-order valence-corrected chi connectivity index (χ0v) is 9.15. The van der Waals surface area contributed by atoms with E-state index < -0.39 is 0 Å². The lowest BCUT2D eigenvalue weighted by Crippen LogP contribution is -1.90. The SMILES string of the molecule is N#CCc1cc(-c2cccnc2)ncc1Cl. The zero-order valence-electron chi connectivity index (χ0n) is 8.39. The number of halogens is 1. The van der Waals surface area contributed by atoms with Gasteiger partial charge in [-0.2, -0.15) is 5.26 Å². The van der Waals surface area contributed by atoms with Crippen molar-refractivity contribution >= 4 is 11.6 Å². The Hall–Kier alpha value is -1.92. The fraction of sp³-hybridized carbons (Fsp3) is 0.0833. The zero-order chi connectivity index (χ0) is 11.4. The van der Waals surface area contributed by atoms with Crippen LogP contribution in [-0.4, -0.2) is 9.97 Å².